The number of hydrogen-bond donors (Lipinski definition) is 1. The molecular weight excluding hydrogens is 356 g/mol. The number of amides is 3. The summed E-state index contributed by atoms with van der Waals surface area (Å²) in [5.41, 5.74) is 1.59. The fourth-order valence-electron chi connectivity index (χ4n) is 5.31. The van der Waals surface area contributed by atoms with Gasteiger partial charge in [0, 0.05) is 51.4 Å². The predicted molar refractivity (Wildman–Crippen MR) is 103 cm³/mol. The van der Waals surface area contributed by atoms with Crippen LogP contribution in [0.2, 0.25) is 0 Å². The molecule has 150 valence electrons. The van der Waals surface area contributed by atoms with Gasteiger partial charge in [-0.3, -0.25) is 19.4 Å². The minimum Gasteiger partial charge on any atom is -0.354 e. The highest BCUT2D eigenvalue weighted by Gasteiger charge is 2.50. The van der Waals surface area contributed by atoms with Crippen molar-refractivity contribution in [1.29, 1.82) is 0 Å². The number of nitrogens with one attached hydrogen (secondary N) is 1. The smallest absolute Gasteiger partial charge is 0.255 e. The summed E-state index contributed by atoms with van der Waals surface area (Å²) >= 11 is 0. The van der Waals surface area contributed by atoms with Crippen LogP contribution < -0.4 is 5.32 Å². The van der Waals surface area contributed by atoms with Crippen LogP contribution in [0.4, 0.5) is 0 Å². The molecular formula is C21H28N4O3. The summed E-state index contributed by atoms with van der Waals surface area (Å²) in [4.78, 5) is 45.5. The molecule has 7 nitrogen and oxygen atoms in total. The third kappa shape index (κ3) is 3.50. The van der Waals surface area contributed by atoms with Crippen LogP contribution in [0.15, 0.2) is 18.5 Å². The number of rotatable bonds is 3. The number of nitrogens with zero attached hydrogens (tertiary/aromatic N) is 3. The molecule has 3 amide bonds. The van der Waals surface area contributed by atoms with E-state index in [2.05, 4.69) is 10.3 Å². The largest absolute Gasteiger partial charge is 0.354 e. The molecule has 28 heavy (non-hydrogen) atoms. The zero-order chi connectivity index (χ0) is 19.8. The highest BCUT2D eigenvalue weighted by Crippen LogP contribution is 2.41. The molecule has 4 atom stereocenters. The van der Waals surface area contributed by atoms with Crippen molar-refractivity contribution >= 4 is 17.7 Å². The number of hydrogen-bond acceptors (Lipinski definition) is 4. The lowest BCUT2D eigenvalue weighted by Crippen LogP contribution is -2.67. The molecule has 1 aromatic heterocycles. The van der Waals surface area contributed by atoms with Crippen molar-refractivity contribution in [2.24, 2.45) is 11.8 Å². The molecule has 0 radical (unpaired) electrons. The van der Waals surface area contributed by atoms with Crippen LogP contribution in [-0.2, 0) is 9.59 Å². The van der Waals surface area contributed by atoms with Gasteiger partial charge in [0.15, 0.2) is 0 Å². The lowest BCUT2D eigenvalue weighted by Gasteiger charge is -2.56. The molecule has 3 aliphatic heterocycles. The summed E-state index contributed by atoms with van der Waals surface area (Å²) in [6.45, 7) is 5.20. The highest BCUT2D eigenvalue weighted by molar-refractivity contribution is 5.94. The maximum Gasteiger partial charge on any atom is 0.255 e. The lowest BCUT2D eigenvalue weighted by molar-refractivity contribution is -0.151. The SMILES string of the molecule is CC(=O)NC[C@H]1[C@H]2C[C@H](CN(C(=O)c3cncc(C)c3)C2)[C@@H]2CCCC(=O)N21. The molecule has 2 bridgehead atoms. The van der Waals surface area contributed by atoms with Gasteiger partial charge in [-0.25, -0.2) is 0 Å². The lowest BCUT2D eigenvalue weighted by atomic mass is 9.72. The predicted octanol–water partition coefficient (Wildman–Crippen LogP) is 1.37. The van der Waals surface area contributed by atoms with E-state index in [1.54, 1.807) is 12.4 Å². The van der Waals surface area contributed by atoms with Crippen molar-refractivity contribution in [3.63, 3.8) is 0 Å². The van der Waals surface area contributed by atoms with Crippen LogP contribution >= 0.6 is 0 Å². The molecule has 7 heteroatoms. The summed E-state index contributed by atoms with van der Waals surface area (Å²) in [5, 5.41) is 2.91. The van der Waals surface area contributed by atoms with E-state index in [1.165, 1.54) is 6.92 Å². The zero-order valence-corrected chi connectivity index (χ0v) is 16.6. The molecule has 0 aromatic carbocycles. The average molecular weight is 384 g/mol. The van der Waals surface area contributed by atoms with Crippen LogP contribution in [0.3, 0.4) is 0 Å². The summed E-state index contributed by atoms with van der Waals surface area (Å²) in [6, 6.07) is 2.01. The van der Waals surface area contributed by atoms with Crippen LogP contribution in [0, 0.1) is 18.8 Å². The van der Waals surface area contributed by atoms with E-state index in [1.807, 2.05) is 22.8 Å². The zero-order valence-electron chi connectivity index (χ0n) is 16.6. The number of piperidine rings is 3. The Morgan fingerprint density at radius 2 is 2.04 bits per heavy atom. The molecule has 3 fully saturated rings. The number of aryl methyl sites for hydroxylation is 1. The summed E-state index contributed by atoms with van der Waals surface area (Å²) in [5.74, 6) is 0.616. The maximum absolute atomic E-state index is 13.1. The Bertz CT molecular complexity index is 796. The second kappa shape index (κ2) is 7.53. The molecule has 0 spiro atoms. The monoisotopic (exact) mass is 384 g/mol. The van der Waals surface area contributed by atoms with Gasteiger partial charge in [-0.15, -0.1) is 0 Å². The molecule has 4 rings (SSSR count). The van der Waals surface area contributed by atoms with Gasteiger partial charge in [0.05, 0.1) is 11.6 Å². The molecule has 1 aromatic rings. The maximum atomic E-state index is 13.1. The van der Waals surface area contributed by atoms with Crippen LogP contribution in [-0.4, -0.2) is 64.2 Å². The Morgan fingerprint density at radius 3 is 2.79 bits per heavy atom. The van der Waals surface area contributed by atoms with Gasteiger partial charge in [0.1, 0.15) is 0 Å². The Balaban J connectivity index is 1.59. The second-order valence-corrected chi connectivity index (χ2v) is 8.48. The number of likely N-dealkylation sites (tertiary alicyclic amines) is 1. The van der Waals surface area contributed by atoms with Crippen LogP contribution in [0.25, 0.3) is 0 Å². The first-order valence-electron chi connectivity index (χ1n) is 10.2. The number of pyridine rings is 1. The van der Waals surface area contributed by atoms with Crippen molar-refractivity contribution in [1.82, 2.24) is 20.1 Å². The fraction of sp³-hybridized carbons (Fsp3) is 0.619. The van der Waals surface area contributed by atoms with Gasteiger partial charge in [-0.2, -0.15) is 0 Å². The minimum absolute atomic E-state index is 0.0137. The third-order valence-corrected chi connectivity index (χ3v) is 6.47. The summed E-state index contributed by atoms with van der Waals surface area (Å²) in [6.07, 6.45) is 6.86. The van der Waals surface area contributed by atoms with Gasteiger partial charge in [0.25, 0.3) is 5.91 Å². The van der Waals surface area contributed by atoms with Crippen molar-refractivity contribution in [2.75, 3.05) is 19.6 Å². The standard InChI is InChI=1S/C21H28N4O3/c1-13-6-15(9-22-8-13)21(28)24-11-16-7-17(12-24)19(10-23-14(2)26)25-18(16)4-3-5-20(25)27/h6,8-9,16-19H,3-5,7,10-12H2,1-2H3,(H,23,26)/t16-,17+,18+,19+/m1/s1. The molecule has 3 saturated heterocycles. The molecule has 0 saturated carbocycles. The minimum atomic E-state index is -0.0855. The topological polar surface area (TPSA) is 82.6 Å². The van der Waals surface area contributed by atoms with Crippen LogP contribution in [0.5, 0.6) is 0 Å². The first kappa shape index (κ1) is 18.9. The molecule has 0 unspecified atom stereocenters. The summed E-state index contributed by atoms with van der Waals surface area (Å²) in [7, 11) is 0. The van der Waals surface area contributed by atoms with Crippen molar-refractivity contribution in [3.05, 3.63) is 29.6 Å². The number of fused-ring (bicyclic) bond motifs is 4. The summed E-state index contributed by atoms with van der Waals surface area (Å²) < 4.78 is 0. The fourth-order valence-corrected chi connectivity index (χ4v) is 5.31. The third-order valence-electron chi connectivity index (χ3n) is 6.47. The highest BCUT2D eigenvalue weighted by atomic mass is 16.2. The van der Waals surface area contributed by atoms with E-state index < -0.39 is 0 Å². The van der Waals surface area contributed by atoms with E-state index in [0.29, 0.717) is 37.5 Å². The number of aromatic nitrogens is 1. The first-order valence-corrected chi connectivity index (χ1v) is 10.2. The molecule has 1 N–H and O–H groups in total. The normalized spacial score (nSPS) is 29.3. The molecule has 4 heterocycles. The Hall–Kier alpha value is -2.44. The van der Waals surface area contributed by atoms with Gasteiger partial charge in [0.2, 0.25) is 11.8 Å². The number of carbonyl (C=O) groups excluding carboxylic acids is 3. The quantitative estimate of drug-likeness (QED) is 0.853. The van der Waals surface area contributed by atoms with Gasteiger partial charge < -0.3 is 15.1 Å². The van der Waals surface area contributed by atoms with E-state index in [9.17, 15) is 14.4 Å². The Kier molecular flexibility index (Phi) is 5.08. The second-order valence-electron chi connectivity index (χ2n) is 8.48. The van der Waals surface area contributed by atoms with Gasteiger partial charge in [-0.05, 0) is 49.7 Å². The Labute approximate surface area is 165 Å². The van der Waals surface area contributed by atoms with E-state index >= 15 is 0 Å². The van der Waals surface area contributed by atoms with Crippen molar-refractivity contribution in [3.8, 4) is 0 Å². The van der Waals surface area contributed by atoms with E-state index in [0.717, 1.165) is 24.8 Å². The van der Waals surface area contributed by atoms with Crippen molar-refractivity contribution < 1.29 is 14.4 Å². The number of carbonyl (C=O) groups is 3. The molecule has 3 aliphatic rings. The Morgan fingerprint density at radius 1 is 1.25 bits per heavy atom. The molecule has 0 aliphatic carbocycles. The van der Waals surface area contributed by atoms with E-state index in [-0.39, 0.29) is 35.7 Å². The average Bonchev–Trinajstić information content (AvgIpc) is 2.67. The first-order chi connectivity index (χ1) is 13.4. The van der Waals surface area contributed by atoms with Gasteiger partial charge in [-0.1, -0.05) is 0 Å². The van der Waals surface area contributed by atoms with E-state index in [4.69, 9.17) is 0 Å². The van der Waals surface area contributed by atoms with Gasteiger partial charge >= 0.3 is 0 Å². The van der Waals surface area contributed by atoms with Crippen molar-refractivity contribution in [2.45, 2.75) is 51.6 Å². The van der Waals surface area contributed by atoms with Crippen LogP contribution in [0.1, 0.15) is 48.5 Å².